The molecule has 0 aromatic carbocycles. The molecule has 5 nitrogen and oxygen atoms in total. The number of nitrogens with zero attached hydrogens (tertiary/aromatic N) is 3. The highest BCUT2D eigenvalue weighted by molar-refractivity contribution is 9.12. The second kappa shape index (κ2) is 6.13. The Kier molecular flexibility index (Phi) is 4.44. The van der Waals surface area contributed by atoms with E-state index in [1.54, 1.807) is 11.3 Å². The number of aromatic nitrogens is 3. The molecule has 0 aliphatic carbocycles. The number of nitrogens with two attached hydrogens (primary N) is 1. The van der Waals surface area contributed by atoms with Crippen molar-refractivity contribution in [2.24, 2.45) is 11.7 Å². The Morgan fingerprint density at radius 2 is 2.35 bits per heavy atom. The average molecular weight is 421 g/mol. The fourth-order valence-electron chi connectivity index (χ4n) is 2.46. The van der Waals surface area contributed by atoms with Gasteiger partial charge in [-0.3, -0.25) is 5.10 Å². The quantitative estimate of drug-likeness (QED) is 0.799. The van der Waals surface area contributed by atoms with Crippen LogP contribution in [0.1, 0.15) is 12.8 Å². The standard InChI is InChI=1S/C12H15Br2N5S/c13-9-4-8(10(14)20-9)11-16-12(18-17-11)19-3-1-2-7(5-15)6-19/h4,7H,1-3,5-6,15H2,(H,16,17,18). The van der Waals surface area contributed by atoms with Crippen molar-refractivity contribution in [3.05, 3.63) is 13.6 Å². The summed E-state index contributed by atoms with van der Waals surface area (Å²) in [6, 6.07) is 2.04. The van der Waals surface area contributed by atoms with Crippen LogP contribution in [0.3, 0.4) is 0 Å². The smallest absolute Gasteiger partial charge is 0.245 e. The molecule has 1 unspecified atom stereocenters. The number of hydrogen-bond acceptors (Lipinski definition) is 5. The van der Waals surface area contributed by atoms with Gasteiger partial charge in [-0.15, -0.1) is 16.4 Å². The van der Waals surface area contributed by atoms with E-state index in [0.29, 0.717) is 5.92 Å². The van der Waals surface area contributed by atoms with Gasteiger partial charge in [0, 0.05) is 18.7 Å². The van der Waals surface area contributed by atoms with Crippen molar-refractivity contribution in [1.82, 2.24) is 15.2 Å². The number of halogens is 2. The van der Waals surface area contributed by atoms with Gasteiger partial charge in [-0.1, -0.05) is 0 Å². The maximum absolute atomic E-state index is 5.78. The molecule has 0 amide bonds. The van der Waals surface area contributed by atoms with Gasteiger partial charge in [0.1, 0.15) is 0 Å². The van der Waals surface area contributed by atoms with E-state index in [0.717, 1.165) is 51.0 Å². The normalized spacial score (nSPS) is 19.6. The second-order valence-electron chi connectivity index (χ2n) is 4.91. The van der Waals surface area contributed by atoms with Gasteiger partial charge in [0.15, 0.2) is 5.82 Å². The number of piperidine rings is 1. The minimum atomic E-state index is 0.549. The highest BCUT2D eigenvalue weighted by Crippen LogP contribution is 2.37. The van der Waals surface area contributed by atoms with Crippen LogP contribution >= 0.6 is 43.2 Å². The third-order valence-electron chi connectivity index (χ3n) is 3.52. The van der Waals surface area contributed by atoms with Gasteiger partial charge < -0.3 is 10.6 Å². The van der Waals surface area contributed by atoms with Crippen molar-refractivity contribution < 1.29 is 0 Å². The maximum atomic E-state index is 5.78. The third kappa shape index (κ3) is 2.93. The van der Waals surface area contributed by atoms with Crippen LogP contribution in [-0.2, 0) is 0 Å². The van der Waals surface area contributed by atoms with Crippen LogP contribution < -0.4 is 10.6 Å². The van der Waals surface area contributed by atoms with Crippen LogP contribution in [0, 0.1) is 5.92 Å². The molecule has 0 bridgehead atoms. The maximum Gasteiger partial charge on any atom is 0.245 e. The van der Waals surface area contributed by atoms with Crippen LogP contribution in [0.15, 0.2) is 13.6 Å². The lowest BCUT2D eigenvalue weighted by molar-refractivity contribution is 0.420. The van der Waals surface area contributed by atoms with Crippen molar-refractivity contribution in [2.75, 3.05) is 24.5 Å². The summed E-state index contributed by atoms with van der Waals surface area (Å²) >= 11 is 8.66. The van der Waals surface area contributed by atoms with Crippen molar-refractivity contribution in [1.29, 1.82) is 0 Å². The number of anilines is 1. The Hall–Kier alpha value is -0.440. The third-order valence-corrected chi connectivity index (χ3v) is 5.86. The monoisotopic (exact) mass is 419 g/mol. The number of rotatable bonds is 3. The summed E-state index contributed by atoms with van der Waals surface area (Å²) in [5, 5.41) is 7.38. The molecule has 2 aromatic rings. The molecule has 3 rings (SSSR count). The molecule has 8 heteroatoms. The molecule has 1 saturated heterocycles. The summed E-state index contributed by atoms with van der Waals surface area (Å²) in [4.78, 5) is 6.84. The Balaban J connectivity index is 1.81. The lowest BCUT2D eigenvalue weighted by Crippen LogP contribution is -2.38. The van der Waals surface area contributed by atoms with Crippen LogP contribution in [0.5, 0.6) is 0 Å². The first-order valence-electron chi connectivity index (χ1n) is 6.50. The lowest BCUT2D eigenvalue weighted by atomic mass is 9.99. The van der Waals surface area contributed by atoms with E-state index in [1.807, 2.05) is 6.07 Å². The SMILES string of the molecule is NCC1CCCN(c2n[nH]c(-c3cc(Br)sc3Br)n2)C1. The van der Waals surface area contributed by atoms with E-state index in [2.05, 4.69) is 51.9 Å². The molecule has 20 heavy (non-hydrogen) atoms. The summed E-state index contributed by atoms with van der Waals surface area (Å²) in [7, 11) is 0. The number of aromatic amines is 1. The largest absolute Gasteiger partial charge is 0.339 e. The molecule has 1 aliphatic rings. The first kappa shape index (κ1) is 14.5. The van der Waals surface area contributed by atoms with Crippen LogP contribution in [0.25, 0.3) is 11.4 Å². The zero-order chi connectivity index (χ0) is 14.1. The molecule has 2 aromatic heterocycles. The first-order chi connectivity index (χ1) is 9.67. The van der Waals surface area contributed by atoms with E-state index < -0.39 is 0 Å². The topological polar surface area (TPSA) is 70.8 Å². The van der Waals surface area contributed by atoms with Crippen molar-refractivity contribution in [3.8, 4) is 11.4 Å². The lowest BCUT2D eigenvalue weighted by Gasteiger charge is -2.31. The minimum Gasteiger partial charge on any atom is -0.339 e. The van der Waals surface area contributed by atoms with E-state index in [-0.39, 0.29) is 0 Å². The molecule has 108 valence electrons. The molecule has 0 spiro atoms. The molecule has 3 heterocycles. The molecule has 1 fully saturated rings. The van der Waals surface area contributed by atoms with Gasteiger partial charge in [-0.05, 0) is 63.2 Å². The number of thiophene rings is 1. The van der Waals surface area contributed by atoms with Crippen molar-refractivity contribution in [3.63, 3.8) is 0 Å². The molecule has 3 N–H and O–H groups in total. The number of nitrogens with one attached hydrogen (secondary N) is 1. The predicted molar refractivity (Wildman–Crippen MR) is 89.1 cm³/mol. The Labute approximate surface area is 138 Å². The summed E-state index contributed by atoms with van der Waals surface area (Å²) in [5.74, 6) is 2.11. The van der Waals surface area contributed by atoms with Gasteiger partial charge in [0.05, 0.1) is 7.57 Å². The van der Waals surface area contributed by atoms with Crippen LogP contribution in [0.2, 0.25) is 0 Å². The van der Waals surface area contributed by atoms with Crippen molar-refractivity contribution >= 4 is 49.1 Å². The Morgan fingerprint density at radius 1 is 1.50 bits per heavy atom. The summed E-state index contributed by atoms with van der Waals surface area (Å²) in [6.07, 6.45) is 2.35. The van der Waals surface area contributed by atoms with E-state index in [4.69, 9.17) is 5.73 Å². The van der Waals surface area contributed by atoms with Gasteiger partial charge in [-0.25, -0.2) is 0 Å². The fourth-order valence-corrected chi connectivity index (χ4v) is 5.26. The fraction of sp³-hybridized carbons (Fsp3) is 0.500. The van der Waals surface area contributed by atoms with Gasteiger partial charge in [0.25, 0.3) is 0 Å². The van der Waals surface area contributed by atoms with Crippen LogP contribution in [-0.4, -0.2) is 34.8 Å². The number of H-pyrrole nitrogens is 1. The molecular weight excluding hydrogens is 406 g/mol. The molecule has 1 aliphatic heterocycles. The highest BCUT2D eigenvalue weighted by Gasteiger charge is 2.22. The summed E-state index contributed by atoms with van der Waals surface area (Å²) in [5.41, 5.74) is 6.81. The average Bonchev–Trinajstić information content (AvgIpc) is 3.05. The zero-order valence-corrected chi connectivity index (χ0v) is 14.8. The van der Waals surface area contributed by atoms with Gasteiger partial charge in [-0.2, -0.15) is 4.98 Å². The van der Waals surface area contributed by atoms with Crippen molar-refractivity contribution in [2.45, 2.75) is 12.8 Å². The molecule has 0 saturated carbocycles. The Bertz CT molecular complexity index is 596. The van der Waals surface area contributed by atoms with E-state index >= 15 is 0 Å². The summed E-state index contributed by atoms with van der Waals surface area (Å²) in [6.45, 7) is 2.68. The Morgan fingerprint density at radius 3 is 3.05 bits per heavy atom. The zero-order valence-electron chi connectivity index (χ0n) is 10.8. The van der Waals surface area contributed by atoms with Crippen LogP contribution in [0.4, 0.5) is 5.95 Å². The molecular formula is C12H15Br2N5S. The molecule has 1 atom stereocenters. The van der Waals surface area contributed by atoms with Gasteiger partial charge >= 0.3 is 0 Å². The predicted octanol–water partition coefficient (Wildman–Crippen LogP) is 3.23. The second-order valence-corrected chi connectivity index (χ2v) is 8.66. The van der Waals surface area contributed by atoms with E-state index in [1.165, 1.54) is 6.42 Å². The minimum absolute atomic E-state index is 0.549. The number of hydrogen-bond donors (Lipinski definition) is 2. The van der Waals surface area contributed by atoms with Gasteiger partial charge in [0.2, 0.25) is 5.95 Å². The summed E-state index contributed by atoms with van der Waals surface area (Å²) < 4.78 is 2.11. The highest BCUT2D eigenvalue weighted by atomic mass is 79.9. The van der Waals surface area contributed by atoms with E-state index in [9.17, 15) is 0 Å². The molecule has 0 radical (unpaired) electrons. The first-order valence-corrected chi connectivity index (χ1v) is 8.90.